The summed E-state index contributed by atoms with van der Waals surface area (Å²) in [7, 11) is 0. The van der Waals surface area contributed by atoms with Gasteiger partial charge in [-0.3, -0.25) is 9.59 Å². The van der Waals surface area contributed by atoms with Crippen LogP contribution < -0.4 is 0 Å². The van der Waals surface area contributed by atoms with E-state index in [1.54, 1.807) is 0 Å². The highest BCUT2D eigenvalue weighted by Gasteiger charge is 2.72. The fourth-order valence-corrected chi connectivity index (χ4v) is 6.34. The minimum atomic E-state index is -0.750. The molecule has 4 aliphatic rings. The van der Waals surface area contributed by atoms with Gasteiger partial charge in [0, 0.05) is 0 Å². The van der Waals surface area contributed by atoms with Crippen molar-refractivity contribution in [1.29, 1.82) is 0 Å². The van der Waals surface area contributed by atoms with E-state index in [0.717, 1.165) is 38.5 Å². The van der Waals surface area contributed by atoms with Crippen molar-refractivity contribution in [1.82, 2.24) is 0 Å². The lowest BCUT2D eigenvalue weighted by Crippen LogP contribution is -2.51. The molecular weight excluding hydrogens is 232 g/mol. The topological polar surface area (TPSA) is 74.6 Å². The number of carboxylic acid groups (broad SMARTS) is 2. The molecule has 1 spiro atoms. The van der Waals surface area contributed by atoms with E-state index in [1.165, 1.54) is 0 Å². The summed E-state index contributed by atoms with van der Waals surface area (Å²) < 4.78 is 0. The molecular formula is C14H18O4. The van der Waals surface area contributed by atoms with Gasteiger partial charge < -0.3 is 10.2 Å². The van der Waals surface area contributed by atoms with E-state index in [1.807, 2.05) is 0 Å². The molecule has 0 heterocycles. The summed E-state index contributed by atoms with van der Waals surface area (Å²) in [5, 5.41) is 19.2. The Kier molecular flexibility index (Phi) is 1.66. The zero-order valence-electron chi connectivity index (χ0n) is 10.3. The van der Waals surface area contributed by atoms with Crippen molar-refractivity contribution in [2.75, 3.05) is 0 Å². The van der Waals surface area contributed by atoms with Crippen LogP contribution in [0, 0.1) is 28.1 Å². The molecule has 0 aliphatic heterocycles. The van der Waals surface area contributed by atoms with Gasteiger partial charge in [0.2, 0.25) is 0 Å². The van der Waals surface area contributed by atoms with Gasteiger partial charge >= 0.3 is 11.9 Å². The van der Waals surface area contributed by atoms with Crippen molar-refractivity contribution in [3.05, 3.63) is 0 Å². The van der Waals surface area contributed by atoms with Crippen LogP contribution in [-0.2, 0) is 9.59 Å². The van der Waals surface area contributed by atoms with E-state index >= 15 is 0 Å². The van der Waals surface area contributed by atoms with Crippen molar-refractivity contribution in [3.63, 3.8) is 0 Å². The summed E-state index contributed by atoms with van der Waals surface area (Å²) in [4.78, 5) is 23.4. The van der Waals surface area contributed by atoms with Crippen molar-refractivity contribution < 1.29 is 19.8 Å². The molecule has 5 atom stereocenters. The highest BCUT2D eigenvalue weighted by molar-refractivity contribution is 5.81. The maximum absolute atomic E-state index is 11.7. The number of hydrogen-bond acceptors (Lipinski definition) is 2. The van der Waals surface area contributed by atoms with Crippen LogP contribution in [0.1, 0.15) is 44.9 Å². The molecule has 0 saturated heterocycles. The molecule has 1 unspecified atom stereocenters. The quantitative estimate of drug-likeness (QED) is 0.787. The number of hydrogen-bond donors (Lipinski definition) is 2. The second-order valence-electron chi connectivity index (χ2n) is 7.47. The minimum Gasteiger partial charge on any atom is -0.481 e. The number of fused-ring (bicyclic) bond motifs is 3. The van der Waals surface area contributed by atoms with Gasteiger partial charge in [0.25, 0.3) is 0 Å². The molecule has 0 aromatic carbocycles. The Morgan fingerprint density at radius 3 is 2.11 bits per heavy atom. The molecule has 4 nitrogen and oxygen atoms in total. The molecule has 2 N–H and O–H groups in total. The molecule has 4 heteroatoms. The molecule has 0 aromatic heterocycles. The fraction of sp³-hybridized carbons (Fsp3) is 0.857. The largest absolute Gasteiger partial charge is 0.481 e. The van der Waals surface area contributed by atoms with Crippen molar-refractivity contribution in [2.24, 2.45) is 28.1 Å². The molecule has 18 heavy (non-hydrogen) atoms. The third-order valence-corrected chi connectivity index (χ3v) is 6.46. The van der Waals surface area contributed by atoms with Crippen molar-refractivity contribution >= 4 is 11.9 Å². The maximum Gasteiger partial charge on any atom is 0.309 e. The van der Waals surface area contributed by atoms with E-state index in [9.17, 15) is 19.8 Å². The van der Waals surface area contributed by atoms with Crippen LogP contribution in [0.3, 0.4) is 0 Å². The fourth-order valence-electron chi connectivity index (χ4n) is 6.34. The van der Waals surface area contributed by atoms with Gasteiger partial charge in [-0.05, 0) is 62.2 Å². The normalized spacial score (nSPS) is 55.8. The lowest BCUT2D eigenvalue weighted by atomic mass is 9.51. The lowest BCUT2D eigenvalue weighted by molar-refractivity contribution is -0.170. The first-order valence-electron chi connectivity index (χ1n) is 6.87. The Labute approximate surface area is 105 Å². The average molecular weight is 250 g/mol. The summed E-state index contributed by atoms with van der Waals surface area (Å²) in [6.07, 6.45) is 5.46. The van der Waals surface area contributed by atoms with E-state index in [-0.39, 0.29) is 5.41 Å². The predicted octanol–water partition coefficient (Wildman–Crippen LogP) is 2.13. The highest BCUT2D eigenvalue weighted by Crippen LogP contribution is 2.76. The first-order chi connectivity index (χ1) is 8.40. The summed E-state index contributed by atoms with van der Waals surface area (Å²) >= 11 is 0. The van der Waals surface area contributed by atoms with E-state index < -0.39 is 22.8 Å². The smallest absolute Gasteiger partial charge is 0.309 e. The Bertz CT molecular complexity index is 472. The van der Waals surface area contributed by atoms with Crippen LogP contribution in [0.25, 0.3) is 0 Å². The van der Waals surface area contributed by atoms with Gasteiger partial charge in [0.1, 0.15) is 0 Å². The third-order valence-electron chi connectivity index (χ3n) is 6.46. The zero-order valence-corrected chi connectivity index (χ0v) is 10.3. The monoisotopic (exact) mass is 250 g/mol. The van der Waals surface area contributed by atoms with Gasteiger partial charge in [-0.1, -0.05) is 0 Å². The molecule has 4 saturated carbocycles. The molecule has 4 rings (SSSR count). The second kappa shape index (κ2) is 2.75. The Morgan fingerprint density at radius 2 is 1.50 bits per heavy atom. The van der Waals surface area contributed by atoms with Crippen LogP contribution in [0.15, 0.2) is 0 Å². The van der Waals surface area contributed by atoms with E-state index in [4.69, 9.17) is 0 Å². The van der Waals surface area contributed by atoms with E-state index in [2.05, 4.69) is 0 Å². The summed E-state index contributed by atoms with van der Waals surface area (Å²) in [6.45, 7) is 0. The Hall–Kier alpha value is -1.06. The zero-order chi connectivity index (χ0) is 12.8. The molecule has 0 radical (unpaired) electrons. The van der Waals surface area contributed by atoms with E-state index in [0.29, 0.717) is 18.3 Å². The molecule has 4 aliphatic carbocycles. The van der Waals surface area contributed by atoms with Gasteiger partial charge in [-0.25, -0.2) is 0 Å². The first kappa shape index (κ1) is 10.8. The molecule has 0 aromatic rings. The van der Waals surface area contributed by atoms with Gasteiger partial charge in [-0.15, -0.1) is 0 Å². The van der Waals surface area contributed by atoms with Crippen LogP contribution in [0.2, 0.25) is 0 Å². The van der Waals surface area contributed by atoms with Crippen LogP contribution in [-0.4, -0.2) is 22.2 Å². The summed E-state index contributed by atoms with van der Waals surface area (Å²) in [5.41, 5.74) is -1.41. The Morgan fingerprint density at radius 1 is 0.889 bits per heavy atom. The van der Waals surface area contributed by atoms with Gasteiger partial charge in [0.15, 0.2) is 0 Å². The lowest BCUT2D eigenvalue weighted by Gasteiger charge is -2.51. The van der Waals surface area contributed by atoms with Crippen LogP contribution in [0.5, 0.6) is 0 Å². The standard InChI is InChI=1S/C14H18O4/c15-10(16)13-3-8-1-9-4-14(7-13,11(17)18)6-12(9,2-8)5-13/h8-9H,1-7H2,(H,15,16)(H,17,18)/t8-,9-,12?,13+,14+/m0/s1. The number of carboxylic acids is 2. The summed E-state index contributed by atoms with van der Waals surface area (Å²) in [5.74, 6) is -0.487. The number of carbonyl (C=O) groups is 2. The van der Waals surface area contributed by atoms with Crippen molar-refractivity contribution in [3.8, 4) is 0 Å². The second-order valence-corrected chi connectivity index (χ2v) is 7.47. The minimum absolute atomic E-state index is 0.0535. The highest BCUT2D eigenvalue weighted by atomic mass is 16.4. The predicted molar refractivity (Wildman–Crippen MR) is 61.9 cm³/mol. The van der Waals surface area contributed by atoms with Crippen LogP contribution >= 0.6 is 0 Å². The molecule has 4 bridgehead atoms. The third kappa shape index (κ3) is 0.998. The van der Waals surface area contributed by atoms with Gasteiger partial charge in [-0.2, -0.15) is 0 Å². The molecule has 98 valence electrons. The summed E-state index contributed by atoms with van der Waals surface area (Å²) in [6, 6.07) is 0. The van der Waals surface area contributed by atoms with Crippen molar-refractivity contribution in [2.45, 2.75) is 44.9 Å². The molecule has 4 fully saturated rings. The Balaban J connectivity index is 1.88. The SMILES string of the molecule is O=C(O)[C@]12C[C@H]3C[C@H]4C[C@@](C(=O)O)(CC4(C3)C1)C2. The molecule has 0 amide bonds. The number of aliphatic carboxylic acids is 2. The first-order valence-corrected chi connectivity index (χ1v) is 6.87. The van der Waals surface area contributed by atoms with Gasteiger partial charge in [0.05, 0.1) is 10.8 Å². The maximum atomic E-state index is 11.7. The van der Waals surface area contributed by atoms with Crippen LogP contribution in [0.4, 0.5) is 0 Å². The number of rotatable bonds is 2. The average Bonchev–Trinajstić information content (AvgIpc) is 2.61.